The molecule has 7 heteroatoms. The average Bonchev–Trinajstić information content (AvgIpc) is 2.59. The molecule has 7 nitrogen and oxygen atoms in total. The number of guanidine groups is 1. The lowest BCUT2D eigenvalue weighted by Crippen LogP contribution is -2.55. The molecule has 0 bridgehead atoms. The molecule has 1 aromatic rings. The molecule has 0 saturated carbocycles. The molecule has 0 aromatic heterocycles. The first-order valence-electron chi connectivity index (χ1n) is 8.79. The number of piperazine rings is 1. The van der Waals surface area contributed by atoms with Crippen LogP contribution in [0.3, 0.4) is 0 Å². The number of benzene rings is 1. The van der Waals surface area contributed by atoms with E-state index in [9.17, 15) is 0 Å². The second kappa shape index (κ2) is 6.67. The van der Waals surface area contributed by atoms with E-state index < -0.39 is 5.72 Å². The zero-order chi connectivity index (χ0) is 17.3. The Hall–Kier alpha value is -2.09. The van der Waals surface area contributed by atoms with Gasteiger partial charge in [0.2, 0.25) is 5.72 Å². The Balaban J connectivity index is 1.79. The van der Waals surface area contributed by atoms with Gasteiger partial charge in [-0.3, -0.25) is 0 Å². The van der Waals surface area contributed by atoms with Gasteiger partial charge in [-0.25, -0.2) is 4.99 Å². The Morgan fingerprint density at radius 3 is 2.60 bits per heavy atom. The van der Waals surface area contributed by atoms with Crippen molar-refractivity contribution in [1.29, 1.82) is 0 Å². The van der Waals surface area contributed by atoms with E-state index in [0.717, 1.165) is 43.1 Å². The highest BCUT2D eigenvalue weighted by Crippen LogP contribution is 2.36. The quantitative estimate of drug-likeness (QED) is 0.730. The second-order valence-electron chi connectivity index (χ2n) is 6.71. The number of hydrogen-bond donors (Lipinski definition) is 3. The minimum Gasteiger partial charge on any atom is -0.376 e. The average molecular weight is 343 g/mol. The summed E-state index contributed by atoms with van der Waals surface area (Å²) in [6.07, 6.45) is 0.0505. The van der Waals surface area contributed by atoms with Crippen LogP contribution in [0.2, 0.25) is 0 Å². The lowest BCUT2D eigenvalue weighted by Gasteiger charge is -2.45. The van der Waals surface area contributed by atoms with Crippen molar-refractivity contribution in [2.45, 2.75) is 18.8 Å². The van der Waals surface area contributed by atoms with Crippen LogP contribution in [0.5, 0.6) is 0 Å². The largest absolute Gasteiger partial charge is 0.376 e. The first-order chi connectivity index (χ1) is 12.2. The van der Waals surface area contributed by atoms with Gasteiger partial charge in [0.25, 0.3) is 0 Å². The first-order valence-corrected chi connectivity index (χ1v) is 8.79. The summed E-state index contributed by atoms with van der Waals surface area (Å²) < 4.78 is 11.6. The van der Waals surface area contributed by atoms with E-state index in [1.165, 1.54) is 0 Å². The van der Waals surface area contributed by atoms with Crippen LogP contribution < -0.4 is 16.4 Å². The van der Waals surface area contributed by atoms with Gasteiger partial charge < -0.3 is 30.7 Å². The molecule has 0 spiro atoms. The summed E-state index contributed by atoms with van der Waals surface area (Å²) in [7, 11) is 0. The minimum atomic E-state index is -0.827. The number of aliphatic imine (C=N–C) groups is 1. The van der Waals surface area contributed by atoms with Gasteiger partial charge in [0.1, 0.15) is 6.10 Å². The van der Waals surface area contributed by atoms with Crippen LogP contribution in [0, 0.1) is 0 Å². The number of nitrogens with zero attached hydrogens (tertiary/aromatic N) is 2. The second-order valence-corrected chi connectivity index (χ2v) is 6.71. The monoisotopic (exact) mass is 343 g/mol. The van der Waals surface area contributed by atoms with Crippen molar-refractivity contribution in [2.24, 2.45) is 10.7 Å². The van der Waals surface area contributed by atoms with Gasteiger partial charge in [-0.1, -0.05) is 30.3 Å². The Kier molecular flexibility index (Phi) is 4.37. The van der Waals surface area contributed by atoms with Crippen molar-refractivity contribution in [3.63, 3.8) is 0 Å². The third-order valence-corrected chi connectivity index (χ3v) is 4.76. The van der Waals surface area contributed by atoms with Gasteiger partial charge >= 0.3 is 0 Å². The van der Waals surface area contributed by atoms with Crippen LogP contribution in [0.4, 0.5) is 0 Å². The van der Waals surface area contributed by atoms with Crippen LogP contribution in [0.25, 0.3) is 5.70 Å². The highest BCUT2D eigenvalue weighted by Gasteiger charge is 2.43. The summed E-state index contributed by atoms with van der Waals surface area (Å²) in [6.45, 7) is 6.90. The predicted molar refractivity (Wildman–Crippen MR) is 96.7 cm³/mol. The molecule has 0 radical (unpaired) electrons. The van der Waals surface area contributed by atoms with E-state index in [1.54, 1.807) is 0 Å². The molecule has 2 saturated heterocycles. The van der Waals surface area contributed by atoms with Crippen molar-refractivity contribution in [3.05, 3.63) is 41.6 Å². The molecule has 3 aliphatic rings. The number of nitrogens with two attached hydrogens (primary N) is 1. The van der Waals surface area contributed by atoms with E-state index in [4.69, 9.17) is 15.2 Å². The molecule has 4 N–H and O–H groups in total. The predicted octanol–water partition coefficient (Wildman–Crippen LogP) is 0.310. The summed E-state index contributed by atoms with van der Waals surface area (Å²) >= 11 is 0. The van der Waals surface area contributed by atoms with Crippen LogP contribution in [0.15, 0.2) is 41.0 Å². The smallest absolute Gasteiger partial charge is 0.202 e. The number of ether oxygens (including phenoxy) is 2. The van der Waals surface area contributed by atoms with Gasteiger partial charge in [0.15, 0.2) is 5.96 Å². The van der Waals surface area contributed by atoms with E-state index in [1.807, 2.05) is 25.1 Å². The third kappa shape index (κ3) is 3.22. The molecule has 1 unspecified atom stereocenters. The Labute approximate surface area is 147 Å². The highest BCUT2D eigenvalue weighted by molar-refractivity contribution is 5.91. The van der Waals surface area contributed by atoms with Gasteiger partial charge in [-0.05, 0) is 12.5 Å². The molecule has 4 rings (SSSR count). The highest BCUT2D eigenvalue weighted by atomic mass is 16.6. The molecular formula is C18H25N5O2. The fourth-order valence-corrected chi connectivity index (χ4v) is 3.57. The summed E-state index contributed by atoms with van der Waals surface area (Å²) in [4.78, 5) is 7.00. The number of nitrogens with one attached hydrogen (secondary N) is 2. The molecular weight excluding hydrogens is 318 g/mol. The van der Waals surface area contributed by atoms with Crippen LogP contribution >= 0.6 is 0 Å². The fourth-order valence-electron chi connectivity index (χ4n) is 3.57. The topological polar surface area (TPSA) is 84.1 Å². The normalized spacial score (nSPS) is 27.6. The van der Waals surface area contributed by atoms with Crippen molar-refractivity contribution in [3.8, 4) is 0 Å². The zero-order valence-corrected chi connectivity index (χ0v) is 14.5. The molecule has 134 valence electrons. The van der Waals surface area contributed by atoms with Crippen LogP contribution in [-0.4, -0.2) is 62.1 Å². The van der Waals surface area contributed by atoms with Gasteiger partial charge in [-0.15, -0.1) is 0 Å². The van der Waals surface area contributed by atoms with Crippen molar-refractivity contribution < 1.29 is 9.47 Å². The van der Waals surface area contributed by atoms with Crippen LogP contribution in [-0.2, 0) is 9.47 Å². The molecule has 0 amide bonds. The molecule has 3 heterocycles. The molecule has 1 atom stereocenters. The summed E-state index contributed by atoms with van der Waals surface area (Å²) in [5, 5.41) is 6.68. The van der Waals surface area contributed by atoms with E-state index in [2.05, 4.69) is 32.7 Å². The van der Waals surface area contributed by atoms with E-state index in [0.29, 0.717) is 19.2 Å². The van der Waals surface area contributed by atoms with Crippen molar-refractivity contribution >= 4 is 11.7 Å². The van der Waals surface area contributed by atoms with Gasteiger partial charge in [0, 0.05) is 26.2 Å². The summed E-state index contributed by atoms with van der Waals surface area (Å²) in [5.41, 5.74) is 8.39. The molecule has 1 aromatic carbocycles. The molecule has 3 aliphatic heterocycles. The summed E-state index contributed by atoms with van der Waals surface area (Å²) in [5.74, 6) is 0.375. The van der Waals surface area contributed by atoms with E-state index in [-0.39, 0.29) is 6.10 Å². The lowest BCUT2D eigenvalue weighted by molar-refractivity contribution is -0.179. The van der Waals surface area contributed by atoms with Gasteiger partial charge in [0.05, 0.1) is 24.6 Å². The maximum Gasteiger partial charge on any atom is 0.202 e. The SMILES string of the molecule is CC1(OC2COC2)N=C(N)NC(c2ccccc2)=C1N1CCNCC1. The standard InChI is InChI=1S/C18H25N5O2/c1-18(25-14-11-24-12-14)16(23-9-7-20-8-10-23)15(21-17(19)22-18)13-5-3-2-4-6-13/h2-6,14,20H,7-12H2,1H3,(H3,19,21,22). The van der Waals surface area contributed by atoms with Crippen molar-refractivity contribution in [2.75, 3.05) is 39.4 Å². The minimum absolute atomic E-state index is 0.0505. The first kappa shape index (κ1) is 16.4. The maximum absolute atomic E-state index is 6.35. The zero-order valence-electron chi connectivity index (χ0n) is 14.5. The maximum atomic E-state index is 6.35. The molecule has 25 heavy (non-hydrogen) atoms. The molecule has 2 fully saturated rings. The number of hydrogen-bond acceptors (Lipinski definition) is 7. The lowest BCUT2D eigenvalue weighted by atomic mass is 10.00. The fraction of sp³-hybridized carbons (Fsp3) is 0.500. The Bertz CT molecular complexity index is 680. The summed E-state index contributed by atoms with van der Waals surface area (Å²) in [6, 6.07) is 10.2. The number of rotatable bonds is 4. The molecule has 0 aliphatic carbocycles. The third-order valence-electron chi connectivity index (χ3n) is 4.76. The Morgan fingerprint density at radius 2 is 1.96 bits per heavy atom. The van der Waals surface area contributed by atoms with E-state index >= 15 is 0 Å². The van der Waals surface area contributed by atoms with Crippen molar-refractivity contribution in [1.82, 2.24) is 15.5 Å². The Morgan fingerprint density at radius 1 is 1.24 bits per heavy atom. The van der Waals surface area contributed by atoms with Crippen LogP contribution in [0.1, 0.15) is 12.5 Å². The van der Waals surface area contributed by atoms with Gasteiger partial charge in [-0.2, -0.15) is 0 Å².